The summed E-state index contributed by atoms with van der Waals surface area (Å²) in [5.41, 5.74) is 3.30. The third-order valence-electron chi connectivity index (χ3n) is 6.33. The molecule has 3 aromatic carbocycles. The first kappa shape index (κ1) is 37.5. The van der Waals surface area contributed by atoms with Crippen molar-refractivity contribution in [2.45, 2.75) is 98.6 Å². The Morgan fingerprint density at radius 1 is 0.789 bits per heavy atom. The molecule has 4 heteroatoms. The number of hydrogen-bond donors (Lipinski definition) is 0. The molecule has 0 aliphatic heterocycles. The van der Waals surface area contributed by atoms with Gasteiger partial charge >= 0.3 is 80.4 Å². The monoisotopic (exact) mass is 644 g/mol. The van der Waals surface area contributed by atoms with Crippen LogP contribution in [0, 0.1) is 17.9 Å². The summed E-state index contributed by atoms with van der Waals surface area (Å²) >= 11 is 1.83. The molecule has 0 heterocycles. The fourth-order valence-corrected chi connectivity index (χ4v) is 12.5. The van der Waals surface area contributed by atoms with E-state index in [1.807, 2.05) is 35.5 Å². The molecule has 0 atom stereocenters. The van der Waals surface area contributed by atoms with Gasteiger partial charge in [0, 0.05) is 0 Å². The van der Waals surface area contributed by atoms with E-state index in [0.717, 1.165) is 18.3 Å². The number of rotatable bonds is 4. The van der Waals surface area contributed by atoms with Crippen molar-refractivity contribution >= 4 is 27.0 Å². The first-order chi connectivity index (χ1) is 16.7. The van der Waals surface area contributed by atoms with Crippen molar-refractivity contribution in [1.82, 2.24) is 0 Å². The predicted octanol–water partition coefficient (Wildman–Crippen LogP) is 4.46. The molecular weight excluding hydrogens is 599 g/mol. The molecule has 38 heavy (non-hydrogen) atoms. The van der Waals surface area contributed by atoms with E-state index in [0.29, 0.717) is 0 Å². The summed E-state index contributed by atoms with van der Waals surface area (Å²) in [6, 6.07) is 19.2. The molecule has 4 rings (SSSR count). The summed E-state index contributed by atoms with van der Waals surface area (Å²) in [5.74, 6) is 1.87. The quantitative estimate of drug-likeness (QED) is 0.290. The van der Waals surface area contributed by atoms with Gasteiger partial charge in [0.1, 0.15) is 0 Å². The molecule has 0 aromatic heterocycles. The van der Waals surface area contributed by atoms with Crippen LogP contribution in [0.5, 0.6) is 0 Å². The molecule has 0 fully saturated rings. The number of hydrogen-bond acceptors (Lipinski definition) is 0. The number of fused-ring (bicyclic) bond motifs is 3. The molecular formula is C34H48Cl2SiZr-2. The molecule has 0 spiro atoms. The van der Waals surface area contributed by atoms with Crippen LogP contribution < -0.4 is 24.8 Å². The Kier molecular flexibility index (Phi) is 16.4. The molecule has 3 aromatic rings. The SMILES string of the molecule is CC(C)(C)c1ccc2[cH-]c3ccc(C(C)(C)C)cc3c2c1.CC(C)C[Si](=[Zr+2])CC(C)C.[C-]1=CC=CC1.[Cl-].[Cl-]. The first-order valence-corrected chi connectivity index (χ1v) is 19.2. The first-order valence-electron chi connectivity index (χ1n) is 13.6. The van der Waals surface area contributed by atoms with Crippen molar-refractivity contribution in [1.29, 1.82) is 0 Å². The van der Waals surface area contributed by atoms with Crippen LogP contribution in [0.25, 0.3) is 21.5 Å². The zero-order valence-electron chi connectivity index (χ0n) is 25.3. The fraction of sp³-hybridized carbons (Fsp3) is 0.500. The summed E-state index contributed by atoms with van der Waals surface area (Å²) in [7, 11) is 0. The molecule has 0 radical (unpaired) electrons. The third kappa shape index (κ3) is 12.3. The van der Waals surface area contributed by atoms with Crippen molar-refractivity contribution < 1.29 is 48.1 Å². The summed E-state index contributed by atoms with van der Waals surface area (Å²) in [5, 5.41) is 5.49. The third-order valence-corrected chi connectivity index (χ3v) is 12.0. The minimum atomic E-state index is 0. The van der Waals surface area contributed by atoms with E-state index in [1.54, 1.807) is 0 Å². The van der Waals surface area contributed by atoms with Gasteiger partial charge in [0.2, 0.25) is 0 Å². The van der Waals surface area contributed by atoms with E-state index in [9.17, 15) is 0 Å². The molecule has 0 nitrogen and oxygen atoms in total. The standard InChI is InChI=1S/C21H25.C8H18Si.C5H5.2ClH.Zr/c1-20(2,3)16-9-7-14-11-15-8-10-17(21(4,5)6)13-19(15)18(14)12-16;1-7(2)5-9-6-8(3)4;1-2-4-5-3-1;;;/h7-13H,1-6H3;7-8H,5-6H2,1-4H3;1-3H,4H2;2*1H;/q-1;;-1;;;+2/p-2. The largest absolute Gasteiger partial charge is 1.00 e. The maximum absolute atomic E-state index is 2.99. The van der Waals surface area contributed by atoms with E-state index in [-0.39, 0.29) is 41.1 Å². The van der Waals surface area contributed by atoms with Gasteiger partial charge in [-0.25, -0.2) is 12.2 Å². The second-order valence-corrected chi connectivity index (χ2v) is 20.3. The summed E-state index contributed by atoms with van der Waals surface area (Å²) in [6.07, 6.45) is 10.0. The van der Waals surface area contributed by atoms with Crippen molar-refractivity contribution in [3.8, 4) is 0 Å². The van der Waals surface area contributed by atoms with Gasteiger partial charge in [0.05, 0.1) is 0 Å². The zero-order chi connectivity index (χ0) is 27.1. The Balaban J connectivity index is 0.000000676. The van der Waals surface area contributed by atoms with Crippen LogP contribution in [-0.4, -0.2) is 5.43 Å². The average molecular weight is 647 g/mol. The fourth-order valence-electron chi connectivity index (χ4n) is 4.34. The molecule has 0 bridgehead atoms. The molecule has 0 N–H and O–H groups in total. The summed E-state index contributed by atoms with van der Waals surface area (Å²) < 4.78 is 0. The van der Waals surface area contributed by atoms with E-state index < -0.39 is 0 Å². The van der Waals surface area contributed by atoms with Crippen LogP contribution >= 0.6 is 0 Å². The Morgan fingerprint density at radius 2 is 1.21 bits per heavy atom. The van der Waals surface area contributed by atoms with Gasteiger partial charge < -0.3 is 24.8 Å². The summed E-state index contributed by atoms with van der Waals surface area (Å²) in [4.78, 5) is 0. The molecule has 0 saturated carbocycles. The smallest absolute Gasteiger partial charge is 0.109 e. The number of allylic oxidation sites excluding steroid dienone is 4. The minimum absolute atomic E-state index is 0. The van der Waals surface area contributed by atoms with Crippen LogP contribution in [0.1, 0.15) is 86.8 Å². The molecule has 0 unspecified atom stereocenters. The van der Waals surface area contributed by atoms with Crippen LogP contribution in [0.3, 0.4) is 0 Å². The Bertz CT molecular complexity index is 1110. The second kappa shape index (κ2) is 16.7. The van der Waals surface area contributed by atoms with Crippen molar-refractivity contribution in [3.05, 3.63) is 77.9 Å². The predicted molar refractivity (Wildman–Crippen MR) is 161 cm³/mol. The van der Waals surface area contributed by atoms with Crippen LogP contribution in [0.2, 0.25) is 12.1 Å². The van der Waals surface area contributed by atoms with Gasteiger partial charge in [-0.2, -0.15) is 6.08 Å². The zero-order valence-corrected chi connectivity index (χ0v) is 30.3. The molecule has 208 valence electrons. The van der Waals surface area contributed by atoms with E-state index >= 15 is 0 Å². The van der Waals surface area contributed by atoms with Gasteiger partial charge in [0.15, 0.2) is 0 Å². The van der Waals surface area contributed by atoms with Gasteiger partial charge in [-0.05, 0) is 10.8 Å². The van der Waals surface area contributed by atoms with E-state index in [4.69, 9.17) is 0 Å². The molecule has 1 aliphatic rings. The normalized spacial score (nSPS) is 12.6. The van der Waals surface area contributed by atoms with Gasteiger partial charge in [-0.1, -0.05) is 76.9 Å². The summed E-state index contributed by atoms with van der Waals surface area (Å²) in [6.45, 7) is 23.0. The Hall–Kier alpha value is -0.530. The van der Waals surface area contributed by atoms with Crippen LogP contribution in [-0.2, 0) is 34.2 Å². The van der Waals surface area contributed by atoms with Crippen molar-refractivity contribution in [3.63, 3.8) is 0 Å². The van der Waals surface area contributed by atoms with Gasteiger partial charge in [-0.3, -0.25) is 6.08 Å². The van der Waals surface area contributed by atoms with Gasteiger partial charge in [-0.15, -0.1) is 46.2 Å². The van der Waals surface area contributed by atoms with Crippen molar-refractivity contribution in [2.24, 2.45) is 11.8 Å². The second-order valence-electron chi connectivity index (χ2n) is 13.1. The maximum atomic E-state index is 2.99. The minimum Gasteiger partial charge on any atom is -1.00 e. The van der Waals surface area contributed by atoms with Crippen LogP contribution in [0.15, 0.2) is 60.7 Å². The number of benzene rings is 2. The van der Waals surface area contributed by atoms with Crippen LogP contribution in [0.4, 0.5) is 0 Å². The molecule has 0 saturated heterocycles. The maximum Gasteiger partial charge on any atom is -0.109 e. The van der Waals surface area contributed by atoms with E-state index in [1.165, 1.54) is 44.8 Å². The molecule has 1 aliphatic carbocycles. The molecule has 0 amide bonds. The van der Waals surface area contributed by atoms with E-state index in [2.05, 4.69) is 124 Å². The number of halogens is 2. The topological polar surface area (TPSA) is 0 Å². The average Bonchev–Trinajstić information content (AvgIpc) is 3.42. The van der Waals surface area contributed by atoms with Gasteiger partial charge in [0.25, 0.3) is 0 Å². The Labute approximate surface area is 261 Å². The Morgan fingerprint density at radius 3 is 1.47 bits per heavy atom. The van der Waals surface area contributed by atoms with Crippen molar-refractivity contribution in [2.75, 3.05) is 0 Å².